The fraction of sp³-hybridized carbons (Fsp3) is 0.789. The van der Waals surface area contributed by atoms with Crippen LogP contribution in [-0.4, -0.2) is 121 Å². The summed E-state index contributed by atoms with van der Waals surface area (Å²) in [4.78, 5) is 40.8. The van der Waals surface area contributed by atoms with Gasteiger partial charge >= 0.3 is 6.09 Å². The molecule has 12 nitrogen and oxygen atoms in total. The number of nitrogens with zero attached hydrogens (tertiary/aromatic N) is 2. The van der Waals surface area contributed by atoms with Crippen LogP contribution in [0.4, 0.5) is 9.59 Å². The Morgan fingerprint density at radius 1 is 0.744 bits per heavy atom. The summed E-state index contributed by atoms with van der Waals surface area (Å²) in [5.41, 5.74) is 1.49. The molecule has 0 fully saturated rings. The van der Waals surface area contributed by atoms with Crippen molar-refractivity contribution >= 4 is 164 Å². The second-order valence-corrected chi connectivity index (χ2v) is 20.7. The maximum Gasteiger partial charge on any atom is 0.408 e. The first-order chi connectivity index (χ1) is 21.1. The van der Waals surface area contributed by atoms with E-state index in [1.165, 1.54) is 35.5 Å². The van der Waals surface area contributed by atoms with Crippen LogP contribution in [0.25, 0.3) is 0 Å². The van der Waals surface area contributed by atoms with Crippen molar-refractivity contribution in [1.82, 2.24) is 10.6 Å². The maximum atomic E-state index is 12.0. The highest BCUT2D eigenvalue weighted by Gasteiger charge is 2.05. The van der Waals surface area contributed by atoms with Gasteiger partial charge in [0.05, 0.1) is 35.4 Å². The van der Waals surface area contributed by atoms with Crippen LogP contribution in [0, 0.1) is 0 Å². The first-order valence-electron chi connectivity index (χ1n) is 11.5. The lowest BCUT2D eigenvalue weighted by Crippen LogP contribution is -2.23. The molecule has 0 aliphatic rings. The largest absolute Gasteiger partial charge is 0.610 e. The zero-order valence-corrected chi connectivity index (χ0v) is 32.7. The van der Waals surface area contributed by atoms with Crippen molar-refractivity contribution in [2.24, 2.45) is 9.98 Å². The number of carbonyl (C=O) groups is 2. The molecule has 0 saturated carbocycles. The highest BCUT2D eigenvalue weighted by Crippen LogP contribution is 2.21. The number of hydrogen-bond acceptors (Lipinski definition) is 21. The second-order valence-electron chi connectivity index (χ2n) is 6.29. The molecule has 4 N–H and O–H groups in total. The SMILES string of the molecule is O=C(NCSCSCSC/N=C\[S+]([O-])CSCSCSC(=O)NCSCSCSC/N=C/OOCSCO)OCSCO. The Balaban J connectivity index is 3.39. The Kier molecular flexibility index (Phi) is 40.1. The summed E-state index contributed by atoms with van der Waals surface area (Å²) in [6, 6.07) is 0. The van der Waals surface area contributed by atoms with E-state index < -0.39 is 17.3 Å². The third-order valence-electron chi connectivity index (χ3n) is 3.24. The molecule has 0 saturated heterocycles. The number of aliphatic imine (C=N–C) groups is 2. The van der Waals surface area contributed by atoms with E-state index >= 15 is 0 Å². The van der Waals surface area contributed by atoms with Crippen molar-refractivity contribution in [3.05, 3.63) is 0 Å². The predicted molar refractivity (Wildman–Crippen MR) is 206 cm³/mol. The Bertz CT molecular complexity index is 712. The zero-order chi connectivity index (χ0) is 31.5. The van der Waals surface area contributed by atoms with Gasteiger partial charge in [0.2, 0.25) is 11.9 Å². The van der Waals surface area contributed by atoms with Gasteiger partial charge in [0.15, 0.2) is 5.08 Å². The molecule has 0 aliphatic heterocycles. The van der Waals surface area contributed by atoms with Crippen molar-refractivity contribution in [3.8, 4) is 0 Å². The molecule has 0 aromatic rings. The summed E-state index contributed by atoms with van der Waals surface area (Å²) in [5, 5.41) is 27.9. The minimum atomic E-state index is -1.12. The fourth-order valence-electron chi connectivity index (χ4n) is 1.66. The molecule has 1 unspecified atom stereocenters. The highest BCUT2D eigenvalue weighted by molar-refractivity contribution is 8.29. The average Bonchev–Trinajstić information content (AvgIpc) is 3.00. The normalized spacial score (nSPS) is 12.2. The number of alkyl carbamates (subject to hydrolysis) is 1. The second kappa shape index (κ2) is 38.4. The lowest BCUT2D eigenvalue weighted by Gasteiger charge is -2.06. The molecular formula is C19H36N4O8S12. The average molecular weight is 833 g/mol. The van der Waals surface area contributed by atoms with Crippen molar-refractivity contribution in [2.75, 3.05) is 82.9 Å². The van der Waals surface area contributed by atoms with Gasteiger partial charge in [-0.2, -0.15) is 4.89 Å². The van der Waals surface area contributed by atoms with Gasteiger partial charge in [-0.05, 0) is 0 Å². The molecule has 252 valence electrons. The summed E-state index contributed by atoms with van der Waals surface area (Å²) >= 11 is 15.6. The quantitative estimate of drug-likeness (QED) is 0.0129. The number of aliphatic hydroxyl groups excluding tert-OH is 2. The summed E-state index contributed by atoms with van der Waals surface area (Å²) in [6.07, 6.45) is 0.747. The lowest BCUT2D eigenvalue weighted by atomic mass is 11.1. The van der Waals surface area contributed by atoms with Crippen molar-refractivity contribution in [2.45, 2.75) is 0 Å². The van der Waals surface area contributed by atoms with Gasteiger partial charge in [0.25, 0.3) is 5.24 Å². The summed E-state index contributed by atoms with van der Waals surface area (Å²) in [7, 11) is 0. The molecule has 0 aromatic heterocycles. The van der Waals surface area contributed by atoms with Gasteiger partial charge in [0, 0.05) is 41.7 Å². The van der Waals surface area contributed by atoms with E-state index in [9.17, 15) is 14.1 Å². The van der Waals surface area contributed by atoms with E-state index in [2.05, 4.69) is 20.6 Å². The van der Waals surface area contributed by atoms with Crippen LogP contribution < -0.4 is 10.6 Å². The number of amides is 2. The summed E-state index contributed by atoms with van der Waals surface area (Å²) in [6.45, 7) is 0. The van der Waals surface area contributed by atoms with Crippen LogP contribution in [0.15, 0.2) is 9.98 Å². The fourth-order valence-corrected chi connectivity index (χ4v) is 12.3. The van der Waals surface area contributed by atoms with Gasteiger partial charge < -0.3 is 35.0 Å². The van der Waals surface area contributed by atoms with E-state index in [0.717, 1.165) is 37.2 Å². The summed E-state index contributed by atoms with van der Waals surface area (Å²) < 4.78 is 16.8. The molecule has 0 radical (unpaired) electrons. The van der Waals surface area contributed by atoms with E-state index in [1.54, 1.807) is 94.1 Å². The Labute approximate surface area is 303 Å². The van der Waals surface area contributed by atoms with E-state index in [0.29, 0.717) is 33.7 Å². The van der Waals surface area contributed by atoms with E-state index in [4.69, 9.17) is 24.7 Å². The number of nitrogens with one attached hydrogen (secondary N) is 2. The third-order valence-corrected chi connectivity index (χ3v) is 15.7. The number of hydrogen-bond donors (Lipinski definition) is 4. The lowest BCUT2D eigenvalue weighted by molar-refractivity contribution is -0.196. The molecule has 0 aromatic carbocycles. The van der Waals surface area contributed by atoms with Crippen LogP contribution in [0.5, 0.6) is 0 Å². The van der Waals surface area contributed by atoms with Crippen LogP contribution in [-0.2, 0) is 25.7 Å². The Morgan fingerprint density at radius 3 is 2.07 bits per heavy atom. The van der Waals surface area contributed by atoms with Crippen molar-refractivity contribution in [1.29, 1.82) is 0 Å². The third kappa shape index (κ3) is 38.2. The number of carbonyl (C=O) groups excluding carboxylic acids is 2. The molecule has 0 heterocycles. The van der Waals surface area contributed by atoms with Gasteiger partial charge in [-0.3, -0.25) is 4.79 Å². The standard InChI is InChI=1S/C19H36N4O8S12/c24-7-36-9-29-18(26)22-4-34-13-39-12-33-3-21-6-43(28)17-41-15-40-16-42-19(27)23-5-35-14-38-11-32-2-20-1-30-31-10-37-8-25/h1,6,24-25H,2-5,7-17H2,(H,22,26)(H,23,27)/b20-1+,21-6-. The van der Waals surface area contributed by atoms with Gasteiger partial charge in [0.1, 0.15) is 11.9 Å². The van der Waals surface area contributed by atoms with Gasteiger partial charge in [-0.1, -0.05) is 35.3 Å². The molecule has 0 bridgehead atoms. The minimum Gasteiger partial charge on any atom is -0.610 e. The number of ether oxygens (including phenoxy) is 1. The van der Waals surface area contributed by atoms with Crippen LogP contribution >= 0.6 is 129 Å². The van der Waals surface area contributed by atoms with Crippen molar-refractivity contribution < 1.29 is 38.9 Å². The van der Waals surface area contributed by atoms with Crippen LogP contribution in [0.1, 0.15) is 0 Å². The smallest absolute Gasteiger partial charge is 0.408 e. The topological polar surface area (TPSA) is 174 Å². The first-order valence-corrected chi connectivity index (χ1v) is 25.5. The molecule has 0 rings (SSSR count). The van der Waals surface area contributed by atoms with Crippen LogP contribution in [0.3, 0.4) is 0 Å². The van der Waals surface area contributed by atoms with E-state index in [-0.39, 0.29) is 29.0 Å². The number of rotatable bonds is 31. The molecule has 0 spiro atoms. The highest BCUT2D eigenvalue weighted by atomic mass is 32.3. The molecule has 0 aliphatic carbocycles. The monoisotopic (exact) mass is 832 g/mol. The zero-order valence-electron chi connectivity index (χ0n) is 22.9. The molecule has 43 heavy (non-hydrogen) atoms. The Morgan fingerprint density at radius 2 is 1.35 bits per heavy atom. The van der Waals surface area contributed by atoms with Gasteiger partial charge in [-0.15, -0.1) is 94.1 Å². The number of thioether (sulfide) groups is 11. The van der Waals surface area contributed by atoms with E-state index in [1.807, 2.05) is 0 Å². The first kappa shape index (κ1) is 44.9. The molecular weight excluding hydrogens is 797 g/mol. The van der Waals surface area contributed by atoms with Crippen LogP contribution in [0.2, 0.25) is 0 Å². The predicted octanol–water partition coefficient (Wildman–Crippen LogP) is 5.59. The molecule has 24 heteroatoms. The molecule has 1 atom stereocenters. The molecule has 2 amide bonds. The Hall–Kier alpha value is 1.92. The van der Waals surface area contributed by atoms with Gasteiger partial charge in [-0.25, -0.2) is 14.8 Å². The maximum absolute atomic E-state index is 12.0. The van der Waals surface area contributed by atoms with Crippen molar-refractivity contribution in [3.63, 3.8) is 0 Å². The summed E-state index contributed by atoms with van der Waals surface area (Å²) in [5.74, 6) is 2.41. The minimum absolute atomic E-state index is 0.0175. The number of aliphatic hydroxyl groups is 2.